The second kappa shape index (κ2) is 7.82. The lowest BCUT2D eigenvalue weighted by Crippen LogP contribution is -2.31. The van der Waals surface area contributed by atoms with Crippen molar-refractivity contribution >= 4 is 29.2 Å². The maximum Gasteiger partial charge on any atom is 0.233 e. The van der Waals surface area contributed by atoms with Gasteiger partial charge in [0, 0.05) is 24.5 Å². The zero-order chi connectivity index (χ0) is 17.6. The number of hydrogen-bond acceptors (Lipinski definition) is 6. The molecule has 2 heterocycles. The van der Waals surface area contributed by atoms with E-state index in [0.717, 1.165) is 30.4 Å². The largest absolute Gasteiger partial charge is 0.341 e. The summed E-state index contributed by atoms with van der Waals surface area (Å²) in [5.74, 6) is 1.81. The summed E-state index contributed by atoms with van der Waals surface area (Å²) in [4.78, 5) is 16.1. The van der Waals surface area contributed by atoms with Crippen LogP contribution in [0.2, 0.25) is 0 Å². The Morgan fingerprint density at radius 3 is 1.62 bits per heavy atom. The molecule has 0 aliphatic carbocycles. The first-order valence-electron chi connectivity index (χ1n) is 9.02. The van der Waals surface area contributed by atoms with Gasteiger partial charge in [0.05, 0.1) is 0 Å². The van der Waals surface area contributed by atoms with Crippen LogP contribution in [-0.4, -0.2) is 28.0 Å². The van der Waals surface area contributed by atoms with Gasteiger partial charge in [-0.2, -0.15) is 15.0 Å². The van der Waals surface area contributed by atoms with Gasteiger partial charge in [-0.05, 0) is 43.5 Å². The molecule has 6 nitrogen and oxygen atoms in total. The molecule has 0 unspecified atom stereocenters. The van der Waals surface area contributed by atoms with Crippen molar-refractivity contribution in [2.45, 2.75) is 19.3 Å². The fourth-order valence-electron chi connectivity index (χ4n) is 3.01. The van der Waals surface area contributed by atoms with Gasteiger partial charge in [-0.25, -0.2) is 0 Å². The normalized spacial score (nSPS) is 14.1. The Hall–Kier alpha value is -3.15. The van der Waals surface area contributed by atoms with E-state index in [9.17, 15) is 0 Å². The predicted octanol–water partition coefficient (Wildman–Crippen LogP) is 4.35. The quantitative estimate of drug-likeness (QED) is 0.716. The third kappa shape index (κ3) is 4.08. The van der Waals surface area contributed by atoms with Crippen molar-refractivity contribution in [1.82, 2.24) is 15.0 Å². The minimum absolute atomic E-state index is 0.546. The van der Waals surface area contributed by atoms with Gasteiger partial charge in [-0.3, -0.25) is 0 Å². The Balaban J connectivity index is 1.64. The summed E-state index contributed by atoms with van der Waals surface area (Å²) in [7, 11) is 0. The molecule has 0 radical (unpaired) electrons. The lowest BCUT2D eigenvalue weighted by atomic mass is 10.1. The van der Waals surface area contributed by atoms with Crippen molar-refractivity contribution in [1.29, 1.82) is 0 Å². The van der Waals surface area contributed by atoms with Gasteiger partial charge >= 0.3 is 0 Å². The zero-order valence-electron chi connectivity index (χ0n) is 14.6. The first-order valence-corrected chi connectivity index (χ1v) is 9.02. The van der Waals surface area contributed by atoms with Crippen LogP contribution in [0.25, 0.3) is 0 Å². The number of piperidine rings is 1. The van der Waals surface area contributed by atoms with Gasteiger partial charge in [0.25, 0.3) is 0 Å². The summed E-state index contributed by atoms with van der Waals surface area (Å²) in [5, 5.41) is 6.56. The number of hydrogen-bond donors (Lipinski definition) is 2. The number of benzene rings is 2. The van der Waals surface area contributed by atoms with E-state index < -0.39 is 0 Å². The van der Waals surface area contributed by atoms with Crippen LogP contribution in [0.15, 0.2) is 60.7 Å². The van der Waals surface area contributed by atoms with Gasteiger partial charge < -0.3 is 15.5 Å². The molecule has 0 atom stereocenters. The van der Waals surface area contributed by atoms with Gasteiger partial charge in [-0.1, -0.05) is 36.4 Å². The molecule has 4 rings (SSSR count). The smallest absolute Gasteiger partial charge is 0.233 e. The van der Waals surface area contributed by atoms with Crippen molar-refractivity contribution in [2.24, 2.45) is 0 Å². The molecule has 0 bridgehead atoms. The summed E-state index contributed by atoms with van der Waals surface area (Å²) in [6.07, 6.45) is 3.62. The van der Waals surface area contributed by atoms with Crippen molar-refractivity contribution in [3.8, 4) is 0 Å². The minimum atomic E-state index is 0.546. The predicted molar refractivity (Wildman–Crippen MR) is 105 cm³/mol. The highest BCUT2D eigenvalue weighted by molar-refractivity contribution is 5.59. The number of anilines is 5. The van der Waals surface area contributed by atoms with Crippen molar-refractivity contribution in [2.75, 3.05) is 28.6 Å². The van der Waals surface area contributed by atoms with Crippen molar-refractivity contribution < 1.29 is 0 Å². The van der Waals surface area contributed by atoms with Crippen LogP contribution in [0.5, 0.6) is 0 Å². The van der Waals surface area contributed by atoms with E-state index in [2.05, 4.69) is 30.5 Å². The molecular weight excluding hydrogens is 324 g/mol. The first kappa shape index (κ1) is 16.3. The highest BCUT2D eigenvalue weighted by atomic mass is 15.3. The second-order valence-corrected chi connectivity index (χ2v) is 6.31. The molecule has 1 fully saturated rings. The standard InChI is InChI=1S/C20H22N6/c1-4-10-16(11-5-1)21-18-23-19(22-17-12-6-2-7-13-17)25-20(24-18)26-14-8-3-9-15-26/h1-2,4-7,10-13H,3,8-9,14-15H2,(H2,21,22,23,24,25). The molecule has 2 N–H and O–H groups in total. The van der Waals surface area contributed by atoms with Crippen LogP contribution in [0, 0.1) is 0 Å². The van der Waals surface area contributed by atoms with Gasteiger partial charge in [-0.15, -0.1) is 0 Å². The molecule has 1 aromatic heterocycles. The summed E-state index contributed by atoms with van der Waals surface area (Å²) < 4.78 is 0. The second-order valence-electron chi connectivity index (χ2n) is 6.31. The molecule has 132 valence electrons. The molecule has 6 heteroatoms. The van der Waals surface area contributed by atoms with Crippen LogP contribution in [0.3, 0.4) is 0 Å². The van der Waals surface area contributed by atoms with Crippen LogP contribution in [-0.2, 0) is 0 Å². The lowest BCUT2D eigenvalue weighted by molar-refractivity contribution is 0.568. The molecule has 0 saturated carbocycles. The Morgan fingerprint density at radius 2 is 1.12 bits per heavy atom. The summed E-state index contributed by atoms with van der Waals surface area (Å²) in [6, 6.07) is 19.9. The number of aromatic nitrogens is 3. The van der Waals surface area contributed by atoms with Crippen molar-refractivity contribution in [3.63, 3.8) is 0 Å². The van der Waals surface area contributed by atoms with Crippen LogP contribution in [0.1, 0.15) is 19.3 Å². The highest BCUT2D eigenvalue weighted by Crippen LogP contribution is 2.22. The number of nitrogens with zero attached hydrogens (tertiary/aromatic N) is 4. The van der Waals surface area contributed by atoms with Crippen LogP contribution in [0.4, 0.5) is 29.2 Å². The molecule has 0 spiro atoms. The van der Waals surface area contributed by atoms with Crippen LogP contribution < -0.4 is 15.5 Å². The Kier molecular flexibility index (Phi) is 4.91. The van der Waals surface area contributed by atoms with E-state index in [-0.39, 0.29) is 0 Å². The maximum atomic E-state index is 4.65. The van der Waals surface area contributed by atoms with Gasteiger partial charge in [0.2, 0.25) is 17.8 Å². The molecule has 2 aromatic carbocycles. The number of para-hydroxylation sites is 2. The Labute approximate surface area is 153 Å². The summed E-state index contributed by atoms with van der Waals surface area (Å²) in [6.45, 7) is 1.97. The molecular formula is C20H22N6. The maximum absolute atomic E-state index is 4.65. The topological polar surface area (TPSA) is 66.0 Å². The van der Waals surface area contributed by atoms with Gasteiger partial charge in [0.1, 0.15) is 0 Å². The summed E-state index contributed by atoms with van der Waals surface area (Å²) in [5.41, 5.74) is 1.91. The Bertz CT molecular complexity index is 772. The average molecular weight is 346 g/mol. The van der Waals surface area contributed by atoms with E-state index in [1.807, 2.05) is 60.7 Å². The third-order valence-corrected chi connectivity index (χ3v) is 4.32. The van der Waals surface area contributed by atoms with E-state index >= 15 is 0 Å². The number of nitrogens with one attached hydrogen (secondary N) is 2. The fraction of sp³-hybridized carbons (Fsp3) is 0.250. The zero-order valence-corrected chi connectivity index (χ0v) is 14.6. The minimum Gasteiger partial charge on any atom is -0.341 e. The third-order valence-electron chi connectivity index (χ3n) is 4.32. The average Bonchev–Trinajstić information content (AvgIpc) is 2.70. The molecule has 3 aromatic rings. The SMILES string of the molecule is c1ccc(Nc2nc(Nc3ccccc3)nc(N3CCCCC3)n2)cc1. The van der Waals surface area contributed by atoms with E-state index in [1.54, 1.807) is 0 Å². The number of rotatable bonds is 5. The van der Waals surface area contributed by atoms with Crippen LogP contribution >= 0.6 is 0 Å². The molecule has 1 aliphatic heterocycles. The van der Waals surface area contributed by atoms with E-state index in [1.165, 1.54) is 19.3 Å². The van der Waals surface area contributed by atoms with E-state index in [4.69, 9.17) is 0 Å². The fourth-order valence-corrected chi connectivity index (χ4v) is 3.01. The van der Waals surface area contributed by atoms with Gasteiger partial charge in [0.15, 0.2) is 0 Å². The highest BCUT2D eigenvalue weighted by Gasteiger charge is 2.16. The molecule has 1 aliphatic rings. The molecule has 1 saturated heterocycles. The molecule has 26 heavy (non-hydrogen) atoms. The Morgan fingerprint density at radius 1 is 0.615 bits per heavy atom. The monoisotopic (exact) mass is 346 g/mol. The van der Waals surface area contributed by atoms with E-state index in [0.29, 0.717) is 11.9 Å². The molecule has 0 amide bonds. The van der Waals surface area contributed by atoms with Crippen molar-refractivity contribution in [3.05, 3.63) is 60.7 Å². The first-order chi connectivity index (χ1) is 12.9. The lowest BCUT2D eigenvalue weighted by Gasteiger charge is -2.27. The summed E-state index contributed by atoms with van der Waals surface area (Å²) >= 11 is 0.